The lowest BCUT2D eigenvalue weighted by atomic mass is 10.2. The van der Waals surface area contributed by atoms with Gasteiger partial charge in [-0.3, -0.25) is 0 Å². The predicted octanol–water partition coefficient (Wildman–Crippen LogP) is 1.93. The van der Waals surface area contributed by atoms with E-state index in [9.17, 15) is 0 Å². The van der Waals surface area contributed by atoms with Crippen LogP contribution in [0, 0.1) is 0 Å². The van der Waals surface area contributed by atoms with Gasteiger partial charge in [-0.25, -0.2) is 9.98 Å². The number of ether oxygens (including phenoxy) is 1. The first-order chi connectivity index (χ1) is 10.2. The van der Waals surface area contributed by atoms with Crippen LogP contribution < -0.4 is 11.1 Å². The number of nitrogens with two attached hydrogens (primary N) is 1. The minimum atomic E-state index is 0. The summed E-state index contributed by atoms with van der Waals surface area (Å²) in [6, 6.07) is 8.17. The molecule has 0 radical (unpaired) electrons. The summed E-state index contributed by atoms with van der Waals surface area (Å²) in [5, 5.41) is 3.09. The van der Waals surface area contributed by atoms with Crippen molar-refractivity contribution in [1.82, 2.24) is 14.9 Å². The number of hydrogen-bond acceptors (Lipinski definition) is 3. The molecule has 1 unspecified atom stereocenters. The Kier molecular flexibility index (Phi) is 7.89. The highest BCUT2D eigenvalue weighted by Gasteiger charge is 2.04. The maximum absolute atomic E-state index is 5.89. The van der Waals surface area contributed by atoms with E-state index in [4.69, 9.17) is 10.5 Å². The molecule has 1 heterocycles. The average molecular weight is 415 g/mol. The molecule has 0 aliphatic heterocycles. The zero-order chi connectivity index (χ0) is 15.1. The summed E-state index contributed by atoms with van der Waals surface area (Å²) in [6.07, 6.45) is 5.43. The first kappa shape index (κ1) is 18.4. The Morgan fingerprint density at radius 2 is 2.23 bits per heavy atom. The minimum Gasteiger partial charge on any atom is -0.383 e. The van der Waals surface area contributed by atoms with Gasteiger partial charge < -0.3 is 20.4 Å². The smallest absolute Gasteiger partial charge is 0.189 e. The molecular formula is C15H22IN5O. The third-order valence-corrected chi connectivity index (χ3v) is 3.00. The van der Waals surface area contributed by atoms with Gasteiger partial charge in [0.15, 0.2) is 5.96 Å². The fourth-order valence-electron chi connectivity index (χ4n) is 2.06. The van der Waals surface area contributed by atoms with E-state index in [-0.39, 0.29) is 30.0 Å². The summed E-state index contributed by atoms with van der Waals surface area (Å²) in [5.74, 6) is 0.417. The molecule has 0 aliphatic carbocycles. The number of guanidine groups is 1. The molecule has 120 valence electrons. The highest BCUT2D eigenvalue weighted by molar-refractivity contribution is 14.0. The topological polar surface area (TPSA) is 77.5 Å². The molecule has 1 aromatic heterocycles. The van der Waals surface area contributed by atoms with Crippen LogP contribution in [-0.4, -0.2) is 35.3 Å². The number of aliphatic imine (C=N–C) groups is 1. The van der Waals surface area contributed by atoms with Gasteiger partial charge in [0.2, 0.25) is 0 Å². The summed E-state index contributed by atoms with van der Waals surface area (Å²) in [4.78, 5) is 8.45. The van der Waals surface area contributed by atoms with Crippen molar-refractivity contribution in [1.29, 1.82) is 0 Å². The Balaban J connectivity index is 0.00000242. The zero-order valence-electron chi connectivity index (χ0n) is 12.8. The molecule has 0 saturated heterocycles. The second-order valence-electron chi connectivity index (χ2n) is 4.80. The van der Waals surface area contributed by atoms with Crippen LogP contribution in [-0.2, 0) is 11.3 Å². The van der Waals surface area contributed by atoms with E-state index in [1.165, 1.54) is 0 Å². The highest BCUT2D eigenvalue weighted by atomic mass is 127. The Morgan fingerprint density at radius 3 is 2.91 bits per heavy atom. The van der Waals surface area contributed by atoms with Gasteiger partial charge in [-0.05, 0) is 18.6 Å². The number of nitrogens with one attached hydrogen (secondary N) is 1. The van der Waals surface area contributed by atoms with Crippen LogP contribution in [0.4, 0.5) is 0 Å². The molecule has 22 heavy (non-hydrogen) atoms. The van der Waals surface area contributed by atoms with Crippen LogP contribution in [0.3, 0.4) is 0 Å². The molecule has 0 spiro atoms. The van der Waals surface area contributed by atoms with Crippen LogP contribution in [0.5, 0.6) is 0 Å². The number of hydrogen-bond donors (Lipinski definition) is 2. The normalized spacial score (nSPS) is 12.5. The van der Waals surface area contributed by atoms with Gasteiger partial charge in [0.05, 0.1) is 25.2 Å². The van der Waals surface area contributed by atoms with E-state index >= 15 is 0 Å². The lowest BCUT2D eigenvalue weighted by molar-refractivity contribution is 0.179. The third-order valence-electron chi connectivity index (χ3n) is 3.00. The largest absolute Gasteiger partial charge is 0.383 e. The van der Waals surface area contributed by atoms with Gasteiger partial charge in [0, 0.05) is 25.5 Å². The average Bonchev–Trinajstić information content (AvgIpc) is 2.99. The molecule has 1 atom stereocenters. The van der Waals surface area contributed by atoms with Crippen molar-refractivity contribution >= 4 is 29.9 Å². The number of nitrogens with zero attached hydrogens (tertiary/aromatic N) is 3. The van der Waals surface area contributed by atoms with Gasteiger partial charge in [0.25, 0.3) is 0 Å². The van der Waals surface area contributed by atoms with Crippen LogP contribution in [0.15, 0.2) is 48.0 Å². The molecule has 3 N–H and O–H groups in total. The molecule has 0 bridgehead atoms. The molecule has 0 amide bonds. The molecule has 0 saturated carbocycles. The van der Waals surface area contributed by atoms with Crippen molar-refractivity contribution < 1.29 is 4.74 Å². The standard InChI is InChI=1S/C15H21N5O.HI/c1-12(10-21-2)19-15(16)18-9-13-5-3-4-6-14(13)20-8-7-17-11-20;/h3-8,11-12H,9-10H2,1-2H3,(H3,16,18,19);1H. The number of aromatic nitrogens is 2. The van der Waals surface area contributed by atoms with Crippen molar-refractivity contribution in [3.05, 3.63) is 48.5 Å². The molecule has 7 heteroatoms. The molecule has 0 aliphatic rings. The highest BCUT2D eigenvalue weighted by Crippen LogP contribution is 2.14. The SMILES string of the molecule is COCC(C)NC(N)=NCc1ccccc1-n1ccnc1.I. The molecule has 2 rings (SSSR count). The van der Waals surface area contributed by atoms with Crippen LogP contribution in [0.2, 0.25) is 0 Å². The molecular weight excluding hydrogens is 393 g/mol. The van der Waals surface area contributed by atoms with Gasteiger partial charge >= 0.3 is 0 Å². The summed E-state index contributed by atoms with van der Waals surface area (Å²) < 4.78 is 7.01. The van der Waals surface area contributed by atoms with Gasteiger partial charge in [-0.2, -0.15) is 0 Å². The van der Waals surface area contributed by atoms with E-state index in [1.807, 2.05) is 42.0 Å². The monoisotopic (exact) mass is 415 g/mol. The lowest BCUT2D eigenvalue weighted by Crippen LogP contribution is -2.40. The quantitative estimate of drug-likeness (QED) is 0.430. The second kappa shape index (κ2) is 9.42. The van der Waals surface area contributed by atoms with Gasteiger partial charge in [-0.15, -0.1) is 24.0 Å². The van der Waals surface area contributed by atoms with E-state index in [1.54, 1.807) is 19.6 Å². The van der Waals surface area contributed by atoms with Gasteiger partial charge in [0.1, 0.15) is 0 Å². The fourth-order valence-corrected chi connectivity index (χ4v) is 2.06. The molecule has 1 aromatic carbocycles. The Bertz CT molecular complexity index is 585. The van der Waals surface area contributed by atoms with Crippen molar-refractivity contribution in [2.45, 2.75) is 19.5 Å². The van der Waals surface area contributed by atoms with Crippen LogP contribution in [0.1, 0.15) is 12.5 Å². The Hall–Kier alpha value is -1.61. The summed E-state index contributed by atoms with van der Waals surface area (Å²) in [7, 11) is 1.66. The van der Waals surface area contributed by atoms with E-state index in [0.717, 1.165) is 11.3 Å². The number of rotatable bonds is 6. The fraction of sp³-hybridized carbons (Fsp3) is 0.333. The second-order valence-corrected chi connectivity index (χ2v) is 4.80. The van der Waals surface area contributed by atoms with Crippen molar-refractivity contribution in [2.75, 3.05) is 13.7 Å². The van der Waals surface area contributed by atoms with Gasteiger partial charge in [-0.1, -0.05) is 18.2 Å². The Labute approximate surface area is 147 Å². The summed E-state index contributed by atoms with van der Waals surface area (Å²) in [6.45, 7) is 3.08. The van der Waals surface area contributed by atoms with Crippen molar-refractivity contribution in [3.8, 4) is 5.69 Å². The first-order valence-corrected chi connectivity index (χ1v) is 6.82. The number of para-hydroxylation sites is 1. The Morgan fingerprint density at radius 1 is 1.45 bits per heavy atom. The van der Waals surface area contributed by atoms with Crippen molar-refractivity contribution in [2.24, 2.45) is 10.7 Å². The maximum atomic E-state index is 5.89. The number of halogens is 1. The molecule has 6 nitrogen and oxygen atoms in total. The van der Waals surface area contributed by atoms with Crippen molar-refractivity contribution in [3.63, 3.8) is 0 Å². The first-order valence-electron chi connectivity index (χ1n) is 6.82. The van der Waals surface area contributed by atoms with E-state index in [2.05, 4.69) is 15.3 Å². The summed E-state index contributed by atoms with van der Waals surface area (Å²) in [5.41, 5.74) is 8.02. The maximum Gasteiger partial charge on any atom is 0.189 e. The van der Waals surface area contributed by atoms with Crippen LogP contribution >= 0.6 is 24.0 Å². The number of benzene rings is 1. The lowest BCUT2D eigenvalue weighted by Gasteiger charge is -2.13. The molecule has 2 aromatic rings. The number of methoxy groups -OCH3 is 1. The minimum absolute atomic E-state index is 0. The van der Waals surface area contributed by atoms with E-state index in [0.29, 0.717) is 19.1 Å². The zero-order valence-corrected chi connectivity index (χ0v) is 15.1. The molecule has 0 fully saturated rings. The summed E-state index contributed by atoms with van der Waals surface area (Å²) >= 11 is 0. The van der Waals surface area contributed by atoms with E-state index < -0.39 is 0 Å². The third kappa shape index (κ3) is 5.30. The number of imidazole rings is 1. The van der Waals surface area contributed by atoms with Crippen LogP contribution in [0.25, 0.3) is 5.69 Å². The predicted molar refractivity (Wildman–Crippen MR) is 98.8 cm³/mol.